The summed E-state index contributed by atoms with van der Waals surface area (Å²) in [6.07, 6.45) is 2.38. The molecule has 4 rings (SSSR count). The molecule has 0 bridgehead atoms. The number of rotatable bonds is 8. The number of aliphatic hydroxyl groups is 1. The summed E-state index contributed by atoms with van der Waals surface area (Å²) in [5.41, 5.74) is 2.16. The van der Waals surface area contributed by atoms with Crippen LogP contribution in [0.15, 0.2) is 54.6 Å². The smallest absolute Gasteiger partial charge is 0.270 e. The second kappa shape index (κ2) is 10.6. The highest BCUT2D eigenvalue weighted by Gasteiger charge is 2.17. The molecule has 2 aromatic carbocycles. The average molecular weight is 434 g/mol. The van der Waals surface area contributed by atoms with Crippen LogP contribution in [-0.2, 0) is 0 Å². The number of piperidine rings is 1. The van der Waals surface area contributed by atoms with Crippen LogP contribution in [-0.4, -0.2) is 59.8 Å². The van der Waals surface area contributed by atoms with Gasteiger partial charge in [-0.15, -0.1) is 0 Å². The van der Waals surface area contributed by atoms with Crippen molar-refractivity contribution in [3.63, 3.8) is 0 Å². The van der Waals surface area contributed by atoms with E-state index in [1.54, 1.807) is 0 Å². The Kier molecular flexibility index (Phi) is 7.35. The maximum atomic E-state index is 13.0. The molecule has 1 saturated heterocycles. The van der Waals surface area contributed by atoms with E-state index in [-0.39, 0.29) is 12.0 Å². The molecule has 2 N–H and O–H groups in total. The van der Waals surface area contributed by atoms with E-state index in [1.165, 1.54) is 0 Å². The van der Waals surface area contributed by atoms with Crippen molar-refractivity contribution in [2.24, 2.45) is 0 Å². The Morgan fingerprint density at radius 1 is 1.16 bits per heavy atom. The first-order valence-electron chi connectivity index (χ1n) is 11.5. The van der Waals surface area contributed by atoms with Gasteiger partial charge in [-0.25, -0.2) is 4.98 Å². The number of aromatic nitrogens is 1. The molecule has 2 heterocycles. The topological polar surface area (TPSA) is 74.7 Å². The Labute approximate surface area is 189 Å². The monoisotopic (exact) mass is 433 g/mol. The van der Waals surface area contributed by atoms with Crippen LogP contribution in [0, 0.1) is 0 Å². The van der Waals surface area contributed by atoms with E-state index in [1.807, 2.05) is 61.5 Å². The third-order valence-electron chi connectivity index (χ3n) is 5.91. The number of carbonyl (C=O) groups excluding carboxylic acids is 1. The van der Waals surface area contributed by atoms with Gasteiger partial charge in [0.05, 0.1) is 18.4 Å². The normalized spacial score (nSPS) is 15.1. The zero-order valence-corrected chi connectivity index (χ0v) is 18.6. The minimum atomic E-state index is -0.159. The molecule has 0 saturated carbocycles. The predicted molar refractivity (Wildman–Crippen MR) is 127 cm³/mol. The van der Waals surface area contributed by atoms with Gasteiger partial charge in [0, 0.05) is 30.6 Å². The number of pyridine rings is 1. The summed E-state index contributed by atoms with van der Waals surface area (Å²) >= 11 is 0. The molecule has 6 heteroatoms. The van der Waals surface area contributed by atoms with Gasteiger partial charge in [-0.05, 0) is 68.4 Å². The highest BCUT2D eigenvalue weighted by molar-refractivity contribution is 6.06. The largest absolute Gasteiger partial charge is 0.494 e. The van der Waals surface area contributed by atoms with E-state index < -0.39 is 0 Å². The van der Waals surface area contributed by atoms with Crippen LogP contribution in [0.3, 0.4) is 0 Å². The summed E-state index contributed by atoms with van der Waals surface area (Å²) in [5.74, 6) is 0.668. The van der Waals surface area contributed by atoms with Crippen LogP contribution in [0.25, 0.3) is 22.0 Å². The number of hydrogen-bond acceptors (Lipinski definition) is 5. The van der Waals surface area contributed by atoms with Crippen LogP contribution in [0.5, 0.6) is 5.75 Å². The van der Waals surface area contributed by atoms with Crippen molar-refractivity contribution < 1.29 is 14.6 Å². The summed E-state index contributed by atoms with van der Waals surface area (Å²) in [6.45, 7) is 5.95. The fraction of sp³-hybridized carbons (Fsp3) is 0.385. The lowest BCUT2D eigenvalue weighted by atomic mass is 10.0. The van der Waals surface area contributed by atoms with Gasteiger partial charge in [-0.2, -0.15) is 0 Å². The van der Waals surface area contributed by atoms with E-state index in [0.29, 0.717) is 18.8 Å². The fourth-order valence-electron chi connectivity index (χ4n) is 4.14. The van der Waals surface area contributed by atoms with Gasteiger partial charge < -0.3 is 20.1 Å². The zero-order chi connectivity index (χ0) is 22.3. The van der Waals surface area contributed by atoms with Gasteiger partial charge in [-0.1, -0.05) is 24.3 Å². The van der Waals surface area contributed by atoms with Gasteiger partial charge in [0.2, 0.25) is 0 Å². The lowest BCUT2D eigenvalue weighted by molar-refractivity contribution is 0.0816. The maximum absolute atomic E-state index is 13.0. The van der Waals surface area contributed by atoms with Crippen LogP contribution in [0.2, 0.25) is 0 Å². The molecule has 6 nitrogen and oxygen atoms in total. The van der Waals surface area contributed by atoms with Gasteiger partial charge in [-0.3, -0.25) is 4.79 Å². The number of carbonyl (C=O) groups is 1. The highest BCUT2D eigenvalue weighted by atomic mass is 16.5. The van der Waals surface area contributed by atoms with Crippen LogP contribution < -0.4 is 10.1 Å². The predicted octanol–water partition coefficient (Wildman–Crippen LogP) is 3.88. The van der Waals surface area contributed by atoms with Crippen LogP contribution in [0.4, 0.5) is 0 Å². The molecule has 0 radical (unpaired) electrons. The van der Waals surface area contributed by atoms with Crippen molar-refractivity contribution in [2.45, 2.75) is 32.3 Å². The van der Waals surface area contributed by atoms with Crippen molar-refractivity contribution in [3.05, 3.63) is 60.3 Å². The molecule has 1 amide bonds. The van der Waals surface area contributed by atoms with E-state index >= 15 is 0 Å². The average Bonchev–Trinajstić information content (AvgIpc) is 2.83. The van der Waals surface area contributed by atoms with Crippen molar-refractivity contribution in [1.82, 2.24) is 15.2 Å². The minimum Gasteiger partial charge on any atom is -0.494 e. The zero-order valence-electron chi connectivity index (χ0n) is 18.6. The molecular formula is C26H31N3O3. The van der Waals surface area contributed by atoms with E-state index in [0.717, 1.165) is 66.7 Å². The Bertz CT molecular complexity index is 1040. The van der Waals surface area contributed by atoms with E-state index in [9.17, 15) is 9.90 Å². The van der Waals surface area contributed by atoms with Crippen molar-refractivity contribution >= 4 is 16.7 Å². The summed E-state index contributed by atoms with van der Waals surface area (Å²) in [6, 6.07) is 17.7. The van der Waals surface area contributed by atoms with E-state index in [4.69, 9.17) is 9.72 Å². The van der Waals surface area contributed by atoms with Crippen LogP contribution in [0.1, 0.15) is 36.7 Å². The molecule has 3 aromatic rings. The molecule has 1 aromatic heterocycles. The number of nitrogens with one attached hydrogen (secondary N) is 1. The molecule has 0 aliphatic carbocycles. The first-order chi connectivity index (χ1) is 15.6. The number of fused-ring (bicyclic) bond motifs is 1. The third kappa shape index (κ3) is 5.44. The summed E-state index contributed by atoms with van der Waals surface area (Å²) in [5, 5.41) is 14.5. The lowest BCUT2D eigenvalue weighted by Gasteiger charge is -2.29. The summed E-state index contributed by atoms with van der Waals surface area (Å²) in [4.78, 5) is 20.1. The maximum Gasteiger partial charge on any atom is 0.270 e. The summed E-state index contributed by atoms with van der Waals surface area (Å²) in [7, 11) is 0. The molecule has 0 atom stereocenters. The Morgan fingerprint density at radius 2 is 1.91 bits per heavy atom. The van der Waals surface area contributed by atoms with Crippen molar-refractivity contribution in [1.29, 1.82) is 0 Å². The van der Waals surface area contributed by atoms with Gasteiger partial charge in [0.25, 0.3) is 5.91 Å². The second-order valence-corrected chi connectivity index (χ2v) is 8.22. The number of ether oxygens (including phenoxy) is 1. The molecule has 1 aliphatic rings. The second-order valence-electron chi connectivity index (χ2n) is 8.22. The first kappa shape index (κ1) is 22.2. The molecule has 0 spiro atoms. The van der Waals surface area contributed by atoms with Crippen molar-refractivity contribution in [3.8, 4) is 17.0 Å². The number of nitrogens with zero attached hydrogens (tertiary/aromatic N) is 2. The van der Waals surface area contributed by atoms with Gasteiger partial charge >= 0.3 is 0 Å². The van der Waals surface area contributed by atoms with Crippen molar-refractivity contribution in [2.75, 3.05) is 32.8 Å². The SMILES string of the molecule is CCOc1ccc(-c2cc3ccccc3c(C(=O)NCCCN3CCC(O)CC3)n2)cc1. The van der Waals surface area contributed by atoms with Gasteiger partial charge in [0.1, 0.15) is 11.4 Å². The van der Waals surface area contributed by atoms with Crippen LogP contribution >= 0.6 is 0 Å². The Balaban J connectivity index is 1.46. The quantitative estimate of drug-likeness (QED) is 0.528. The van der Waals surface area contributed by atoms with E-state index in [2.05, 4.69) is 10.2 Å². The molecule has 32 heavy (non-hydrogen) atoms. The Hall–Kier alpha value is -2.96. The number of hydrogen-bond donors (Lipinski definition) is 2. The molecular weight excluding hydrogens is 402 g/mol. The lowest BCUT2D eigenvalue weighted by Crippen LogP contribution is -2.37. The number of likely N-dealkylation sites (tertiary alicyclic amines) is 1. The standard InChI is InChI=1S/C26H31N3O3/c1-2-32-22-10-8-19(9-11-22)24-18-20-6-3-4-7-23(20)25(28-24)26(31)27-14-5-15-29-16-12-21(30)13-17-29/h3-4,6-11,18,21,30H,2,5,12-17H2,1H3,(H,27,31). The number of benzene rings is 2. The number of amides is 1. The molecule has 0 unspecified atom stereocenters. The summed E-state index contributed by atoms with van der Waals surface area (Å²) < 4.78 is 5.53. The fourth-order valence-corrected chi connectivity index (χ4v) is 4.14. The minimum absolute atomic E-state index is 0.150. The highest BCUT2D eigenvalue weighted by Crippen LogP contribution is 2.26. The molecule has 1 fully saturated rings. The molecule has 168 valence electrons. The first-order valence-corrected chi connectivity index (χ1v) is 11.5. The Morgan fingerprint density at radius 3 is 2.66 bits per heavy atom. The third-order valence-corrected chi connectivity index (χ3v) is 5.91. The van der Waals surface area contributed by atoms with Gasteiger partial charge in [0.15, 0.2) is 0 Å². The molecule has 1 aliphatic heterocycles. The number of aliphatic hydroxyl groups excluding tert-OH is 1.